The molecule has 0 radical (unpaired) electrons. The highest BCUT2D eigenvalue weighted by Gasteiger charge is 2.34. The van der Waals surface area contributed by atoms with E-state index in [1.54, 1.807) is 7.11 Å². The predicted octanol–water partition coefficient (Wildman–Crippen LogP) is 1.55. The van der Waals surface area contributed by atoms with Crippen molar-refractivity contribution in [2.45, 2.75) is 40.2 Å². The quantitative estimate of drug-likeness (QED) is 0.479. The second kappa shape index (κ2) is 9.73. The third-order valence-electron chi connectivity index (χ3n) is 4.94. The minimum absolute atomic E-state index is 0.0216. The number of pyridine rings is 1. The van der Waals surface area contributed by atoms with Crippen LogP contribution in [0.3, 0.4) is 0 Å². The van der Waals surface area contributed by atoms with Crippen LogP contribution in [-0.2, 0) is 11.3 Å². The molecule has 1 aromatic heterocycles. The SMILES string of the molecule is CCNC(=NCc1ncc(C)c(OC)c1C)NCC1(CCO)CCOC1. The molecule has 1 atom stereocenters. The lowest BCUT2D eigenvalue weighted by molar-refractivity contribution is 0.127. The number of nitrogens with one attached hydrogen (secondary N) is 2. The van der Waals surface area contributed by atoms with Gasteiger partial charge in [-0.05, 0) is 33.6 Å². The number of aliphatic hydroxyl groups is 1. The Balaban J connectivity index is 2.07. The van der Waals surface area contributed by atoms with E-state index < -0.39 is 0 Å². The molecule has 0 amide bonds. The smallest absolute Gasteiger partial charge is 0.191 e. The van der Waals surface area contributed by atoms with Crippen LogP contribution in [0.5, 0.6) is 5.75 Å². The summed E-state index contributed by atoms with van der Waals surface area (Å²) >= 11 is 0. The van der Waals surface area contributed by atoms with Crippen LogP contribution in [0.25, 0.3) is 0 Å². The molecule has 0 bridgehead atoms. The van der Waals surface area contributed by atoms with Crippen molar-refractivity contribution in [2.24, 2.45) is 10.4 Å². The summed E-state index contributed by atoms with van der Waals surface area (Å²) in [5.74, 6) is 1.62. The first-order chi connectivity index (χ1) is 12.5. The van der Waals surface area contributed by atoms with Crippen LogP contribution in [-0.4, -0.2) is 56.1 Å². The molecule has 1 aromatic rings. The summed E-state index contributed by atoms with van der Waals surface area (Å²) in [5.41, 5.74) is 2.92. The first-order valence-corrected chi connectivity index (χ1v) is 9.25. The fourth-order valence-corrected chi connectivity index (χ4v) is 3.31. The Morgan fingerprint density at radius 1 is 1.42 bits per heavy atom. The number of aliphatic hydroxyl groups excluding tert-OH is 1. The summed E-state index contributed by atoms with van der Waals surface area (Å²) in [6.45, 7) is 9.61. The van der Waals surface area contributed by atoms with Crippen LogP contribution < -0.4 is 15.4 Å². The van der Waals surface area contributed by atoms with Gasteiger partial charge in [-0.2, -0.15) is 0 Å². The number of ether oxygens (including phenoxy) is 2. The Morgan fingerprint density at radius 2 is 2.23 bits per heavy atom. The topological polar surface area (TPSA) is 88.0 Å². The van der Waals surface area contributed by atoms with Gasteiger partial charge in [0, 0.05) is 49.0 Å². The minimum atomic E-state index is -0.0216. The van der Waals surface area contributed by atoms with Crippen LogP contribution >= 0.6 is 0 Å². The van der Waals surface area contributed by atoms with E-state index in [1.165, 1.54) is 0 Å². The number of aliphatic imine (C=N–C) groups is 1. The molecule has 0 saturated carbocycles. The molecule has 26 heavy (non-hydrogen) atoms. The highest BCUT2D eigenvalue weighted by molar-refractivity contribution is 5.79. The number of guanidine groups is 1. The molecule has 1 aliphatic heterocycles. The number of rotatable bonds is 8. The second-order valence-electron chi connectivity index (χ2n) is 6.87. The van der Waals surface area contributed by atoms with E-state index in [0.717, 1.165) is 61.1 Å². The molecule has 1 aliphatic rings. The molecule has 0 spiro atoms. The van der Waals surface area contributed by atoms with Crippen LogP contribution in [0.2, 0.25) is 0 Å². The van der Waals surface area contributed by atoms with E-state index in [4.69, 9.17) is 9.47 Å². The lowest BCUT2D eigenvalue weighted by atomic mass is 9.84. The summed E-state index contributed by atoms with van der Waals surface area (Å²) in [4.78, 5) is 9.18. The van der Waals surface area contributed by atoms with E-state index in [0.29, 0.717) is 13.2 Å². The van der Waals surface area contributed by atoms with Crippen LogP contribution in [0.1, 0.15) is 36.6 Å². The van der Waals surface area contributed by atoms with Gasteiger partial charge in [-0.25, -0.2) is 4.99 Å². The first-order valence-electron chi connectivity index (χ1n) is 9.25. The minimum Gasteiger partial charge on any atom is -0.496 e. The van der Waals surface area contributed by atoms with Crippen molar-refractivity contribution in [1.29, 1.82) is 0 Å². The average molecular weight is 364 g/mol. The Labute approximate surface area is 156 Å². The van der Waals surface area contributed by atoms with Crippen molar-refractivity contribution in [3.05, 3.63) is 23.0 Å². The average Bonchev–Trinajstić information content (AvgIpc) is 3.08. The first kappa shape index (κ1) is 20.5. The van der Waals surface area contributed by atoms with Gasteiger partial charge in [0.15, 0.2) is 5.96 Å². The van der Waals surface area contributed by atoms with Gasteiger partial charge in [0.05, 0.1) is 26.0 Å². The van der Waals surface area contributed by atoms with Crippen LogP contribution in [0.15, 0.2) is 11.2 Å². The fourth-order valence-electron chi connectivity index (χ4n) is 3.31. The van der Waals surface area contributed by atoms with Gasteiger partial charge in [-0.15, -0.1) is 0 Å². The summed E-state index contributed by atoms with van der Waals surface area (Å²) < 4.78 is 11.0. The standard InChI is InChI=1S/C19H32N4O3/c1-5-20-18(23-12-19(6-8-24)7-9-26-13-19)22-11-16-15(3)17(25-4)14(2)10-21-16/h10,24H,5-9,11-13H2,1-4H3,(H2,20,22,23). The van der Waals surface area contributed by atoms with Gasteiger partial charge in [-0.3, -0.25) is 4.98 Å². The number of aryl methyl sites for hydroxylation is 1. The van der Waals surface area contributed by atoms with Crippen molar-refractivity contribution in [3.63, 3.8) is 0 Å². The zero-order valence-electron chi connectivity index (χ0n) is 16.4. The Bertz CT molecular complexity index is 613. The van der Waals surface area contributed by atoms with E-state index >= 15 is 0 Å². The number of aromatic nitrogens is 1. The molecule has 2 rings (SSSR count). The molecular weight excluding hydrogens is 332 g/mol. The molecule has 1 unspecified atom stereocenters. The number of methoxy groups -OCH3 is 1. The second-order valence-corrected chi connectivity index (χ2v) is 6.87. The van der Waals surface area contributed by atoms with E-state index in [-0.39, 0.29) is 12.0 Å². The summed E-state index contributed by atoms with van der Waals surface area (Å²) in [6.07, 6.45) is 3.51. The van der Waals surface area contributed by atoms with Crippen molar-refractivity contribution in [3.8, 4) is 5.75 Å². The van der Waals surface area contributed by atoms with Crippen molar-refractivity contribution in [1.82, 2.24) is 15.6 Å². The van der Waals surface area contributed by atoms with Gasteiger partial charge in [0.25, 0.3) is 0 Å². The maximum Gasteiger partial charge on any atom is 0.191 e. The third-order valence-corrected chi connectivity index (χ3v) is 4.94. The fraction of sp³-hybridized carbons (Fsp3) is 0.684. The number of hydrogen-bond acceptors (Lipinski definition) is 5. The van der Waals surface area contributed by atoms with Crippen molar-refractivity contribution < 1.29 is 14.6 Å². The van der Waals surface area contributed by atoms with Gasteiger partial charge < -0.3 is 25.2 Å². The lowest BCUT2D eigenvalue weighted by Crippen LogP contribution is -2.44. The summed E-state index contributed by atoms with van der Waals surface area (Å²) in [5, 5.41) is 16.0. The maximum absolute atomic E-state index is 9.37. The van der Waals surface area contributed by atoms with Gasteiger partial charge >= 0.3 is 0 Å². The van der Waals surface area contributed by atoms with Gasteiger partial charge in [-0.1, -0.05) is 0 Å². The third kappa shape index (κ3) is 5.08. The number of hydrogen-bond donors (Lipinski definition) is 3. The molecule has 1 saturated heterocycles. The largest absolute Gasteiger partial charge is 0.496 e. The van der Waals surface area contributed by atoms with Crippen LogP contribution in [0, 0.1) is 19.3 Å². The number of nitrogens with zero attached hydrogens (tertiary/aromatic N) is 2. The monoisotopic (exact) mass is 364 g/mol. The molecule has 0 aromatic carbocycles. The summed E-state index contributed by atoms with van der Waals surface area (Å²) in [6, 6.07) is 0. The zero-order valence-corrected chi connectivity index (χ0v) is 16.4. The molecule has 7 nitrogen and oxygen atoms in total. The van der Waals surface area contributed by atoms with E-state index in [1.807, 2.05) is 27.0 Å². The molecule has 7 heteroatoms. The van der Waals surface area contributed by atoms with Crippen molar-refractivity contribution in [2.75, 3.05) is 40.0 Å². The molecule has 3 N–H and O–H groups in total. The van der Waals surface area contributed by atoms with Gasteiger partial charge in [0.2, 0.25) is 0 Å². The van der Waals surface area contributed by atoms with Crippen LogP contribution in [0.4, 0.5) is 0 Å². The highest BCUT2D eigenvalue weighted by Crippen LogP contribution is 2.31. The predicted molar refractivity (Wildman–Crippen MR) is 103 cm³/mol. The normalized spacial score (nSPS) is 20.3. The molecular formula is C19H32N4O3. The zero-order chi connectivity index (χ0) is 19.0. The molecule has 0 aliphatic carbocycles. The Hall–Kier alpha value is -1.86. The Morgan fingerprint density at radius 3 is 2.85 bits per heavy atom. The Kier molecular flexibility index (Phi) is 7.66. The molecule has 2 heterocycles. The van der Waals surface area contributed by atoms with E-state index in [9.17, 15) is 5.11 Å². The van der Waals surface area contributed by atoms with E-state index in [2.05, 4.69) is 20.6 Å². The maximum atomic E-state index is 9.37. The van der Waals surface area contributed by atoms with Gasteiger partial charge in [0.1, 0.15) is 5.75 Å². The van der Waals surface area contributed by atoms with Crippen molar-refractivity contribution >= 4 is 5.96 Å². The molecule has 146 valence electrons. The lowest BCUT2D eigenvalue weighted by Gasteiger charge is -2.27. The molecule has 1 fully saturated rings. The highest BCUT2D eigenvalue weighted by atomic mass is 16.5. The summed E-state index contributed by atoms with van der Waals surface area (Å²) in [7, 11) is 1.68.